The average molecular weight is 164 g/mol. The number of rotatable bonds is 3. The van der Waals surface area contributed by atoms with E-state index in [1.165, 1.54) is 18.4 Å². The Morgan fingerprint density at radius 3 is 3.00 bits per heavy atom. The van der Waals surface area contributed by atoms with Crippen molar-refractivity contribution in [1.82, 2.24) is 0 Å². The van der Waals surface area contributed by atoms with Gasteiger partial charge in [0.1, 0.15) is 0 Å². The van der Waals surface area contributed by atoms with Gasteiger partial charge in [0.25, 0.3) is 0 Å². The lowest BCUT2D eigenvalue weighted by atomic mass is 10.1. The van der Waals surface area contributed by atoms with E-state index in [1.807, 2.05) is 6.08 Å². The first-order valence-corrected chi connectivity index (χ1v) is 4.47. The van der Waals surface area contributed by atoms with E-state index in [2.05, 4.69) is 25.2 Å². The summed E-state index contributed by atoms with van der Waals surface area (Å²) in [5.74, 6) is 1.04. The number of hydrogen-bond donors (Lipinski definition) is 0. The summed E-state index contributed by atoms with van der Waals surface area (Å²) in [6.07, 6.45) is 11.8. The van der Waals surface area contributed by atoms with Gasteiger partial charge < -0.3 is 4.74 Å². The maximum atomic E-state index is 5.16. The fourth-order valence-corrected chi connectivity index (χ4v) is 1.27. The Bertz CT molecular complexity index is 221. The molecule has 0 spiro atoms. The van der Waals surface area contributed by atoms with Crippen LogP contribution in [0.25, 0.3) is 0 Å². The summed E-state index contributed by atoms with van der Waals surface area (Å²) >= 11 is 0. The predicted molar refractivity (Wildman–Crippen MR) is 51.8 cm³/mol. The third kappa shape index (κ3) is 2.57. The van der Waals surface area contributed by atoms with E-state index in [9.17, 15) is 0 Å². The maximum Gasteiger partial charge on any atom is 0.0993 e. The summed E-state index contributed by atoms with van der Waals surface area (Å²) < 4.78 is 5.16. The molecule has 1 heteroatoms. The highest BCUT2D eigenvalue weighted by Gasteiger charge is 1.97. The zero-order valence-corrected chi connectivity index (χ0v) is 7.84. The smallest absolute Gasteiger partial charge is 0.0993 e. The minimum Gasteiger partial charge on any atom is -0.501 e. The monoisotopic (exact) mass is 164 g/mol. The molecule has 0 heterocycles. The van der Waals surface area contributed by atoms with E-state index in [4.69, 9.17) is 4.74 Å². The molecule has 0 fully saturated rings. The molecule has 0 aromatic rings. The lowest BCUT2D eigenvalue weighted by Crippen LogP contribution is -1.83. The van der Waals surface area contributed by atoms with Crippen LogP contribution in [-0.2, 0) is 4.74 Å². The van der Waals surface area contributed by atoms with Crippen molar-refractivity contribution in [1.29, 1.82) is 0 Å². The van der Waals surface area contributed by atoms with E-state index in [-0.39, 0.29) is 0 Å². The summed E-state index contributed by atoms with van der Waals surface area (Å²) in [5.41, 5.74) is 1.42. The lowest BCUT2D eigenvalue weighted by Gasteiger charge is -2.00. The number of hydrogen-bond acceptors (Lipinski definition) is 1. The Balaban J connectivity index is 2.58. The zero-order chi connectivity index (χ0) is 8.81. The Labute approximate surface area is 74.4 Å². The fourth-order valence-electron chi connectivity index (χ4n) is 1.27. The quantitative estimate of drug-likeness (QED) is 0.622. The van der Waals surface area contributed by atoms with Crippen molar-refractivity contribution in [3.63, 3.8) is 0 Å². The first-order valence-electron chi connectivity index (χ1n) is 4.47. The van der Waals surface area contributed by atoms with E-state index >= 15 is 0 Å². The molecular formula is C11H16O. The molecule has 0 aromatic carbocycles. The van der Waals surface area contributed by atoms with Gasteiger partial charge in [-0.15, -0.1) is 0 Å². The summed E-state index contributed by atoms with van der Waals surface area (Å²) in [5, 5.41) is 0. The van der Waals surface area contributed by atoms with Crippen molar-refractivity contribution in [2.45, 2.75) is 26.2 Å². The topological polar surface area (TPSA) is 9.23 Å². The van der Waals surface area contributed by atoms with Crippen LogP contribution in [0.2, 0.25) is 0 Å². The van der Waals surface area contributed by atoms with Crippen molar-refractivity contribution in [3.05, 3.63) is 35.6 Å². The molecule has 0 amide bonds. The molecule has 0 bridgehead atoms. The molecular weight excluding hydrogens is 148 g/mol. The van der Waals surface area contributed by atoms with Gasteiger partial charge in [0, 0.05) is 6.42 Å². The Morgan fingerprint density at radius 1 is 1.50 bits per heavy atom. The van der Waals surface area contributed by atoms with Gasteiger partial charge in [-0.3, -0.25) is 0 Å². The Kier molecular flexibility index (Phi) is 3.65. The summed E-state index contributed by atoms with van der Waals surface area (Å²) in [6, 6.07) is 0. The maximum absolute atomic E-state index is 5.16. The standard InChI is InChI=1S/C11H16O/c1-3-5-10-6-4-7-11(12-2)9-8-10/h4,6-8H,3,5,9H2,1-2H3. The minimum absolute atomic E-state index is 0.929. The Morgan fingerprint density at radius 2 is 2.33 bits per heavy atom. The van der Waals surface area contributed by atoms with Crippen LogP contribution in [-0.4, -0.2) is 7.11 Å². The summed E-state index contributed by atoms with van der Waals surface area (Å²) in [7, 11) is 1.72. The highest BCUT2D eigenvalue weighted by Crippen LogP contribution is 2.15. The highest BCUT2D eigenvalue weighted by molar-refractivity contribution is 5.28. The zero-order valence-electron chi connectivity index (χ0n) is 7.84. The van der Waals surface area contributed by atoms with E-state index in [1.54, 1.807) is 7.11 Å². The minimum atomic E-state index is 0.929. The predicted octanol–water partition coefficient (Wildman–Crippen LogP) is 3.20. The van der Waals surface area contributed by atoms with E-state index in [0.29, 0.717) is 0 Å². The molecule has 1 aliphatic rings. The molecule has 0 unspecified atom stereocenters. The van der Waals surface area contributed by atoms with E-state index in [0.717, 1.165) is 12.2 Å². The number of ether oxygens (including phenoxy) is 1. The number of methoxy groups -OCH3 is 1. The molecule has 12 heavy (non-hydrogen) atoms. The highest BCUT2D eigenvalue weighted by atomic mass is 16.5. The van der Waals surface area contributed by atoms with Crippen molar-refractivity contribution in [3.8, 4) is 0 Å². The summed E-state index contributed by atoms with van der Waals surface area (Å²) in [4.78, 5) is 0. The van der Waals surface area contributed by atoms with Gasteiger partial charge in [-0.1, -0.05) is 37.1 Å². The SMILES string of the molecule is CCCC1=CCC(OC)=CC=C1. The van der Waals surface area contributed by atoms with Crippen LogP contribution in [0.3, 0.4) is 0 Å². The molecule has 0 radical (unpaired) electrons. The normalized spacial score (nSPS) is 16.5. The summed E-state index contributed by atoms with van der Waals surface area (Å²) in [6.45, 7) is 2.20. The van der Waals surface area contributed by atoms with Crippen LogP contribution in [0.5, 0.6) is 0 Å². The van der Waals surface area contributed by atoms with Gasteiger partial charge in [-0.25, -0.2) is 0 Å². The molecule has 0 saturated carbocycles. The van der Waals surface area contributed by atoms with Gasteiger partial charge >= 0.3 is 0 Å². The lowest BCUT2D eigenvalue weighted by molar-refractivity contribution is 0.285. The largest absolute Gasteiger partial charge is 0.501 e. The molecule has 1 aliphatic carbocycles. The second-order valence-corrected chi connectivity index (χ2v) is 2.93. The van der Waals surface area contributed by atoms with Gasteiger partial charge in [0.2, 0.25) is 0 Å². The van der Waals surface area contributed by atoms with Crippen LogP contribution in [0.4, 0.5) is 0 Å². The van der Waals surface area contributed by atoms with Crippen LogP contribution in [0.1, 0.15) is 26.2 Å². The third-order valence-corrected chi connectivity index (χ3v) is 1.96. The molecule has 0 atom stereocenters. The van der Waals surface area contributed by atoms with Crippen molar-refractivity contribution in [2.75, 3.05) is 7.11 Å². The fraction of sp³-hybridized carbons (Fsp3) is 0.455. The molecule has 0 saturated heterocycles. The van der Waals surface area contributed by atoms with Gasteiger partial charge in [0.05, 0.1) is 12.9 Å². The second kappa shape index (κ2) is 4.81. The van der Waals surface area contributed by atoms with Crippen LogP contribution < -0.4 is 0 Å². The van der Waals surface area contributed by atoms with Crippen molar-refractivity contribution < 1.29 is 4.74 Å². The number of allylic oxidation sites excluding steroid dienone is 5. The van der Waals surface area contributed by atoms with E-state index < -0.39 is 0 Å². The second-order valence-electron chi connectivity index (χ2n) is 2.93. The van der Waals surface area contributed by atoms with Crippen LogP contribution in [0.15, 0.2) is 35.6 Å². The molecule has 0 aliphatic heterocycles. The van der Waals surface area contributed by atoms with Crippen molar-refractivity contribution >= 4 is 0 Å². The first kappa shape index (κ1) is 9.11. The van der Waals surface area contributed by atoms with Crippen LogP contribution in [0, 0.1) is 0 Å². The van der Waals surface area contributed by atoms with Gasteiger partial charge in [-0.05, 0) is 12.5 Å². The molecule has 1 nitrogen and oxygen atoms in total. The van der Waals surface area contributed by atoms with Crippen molar-refractivity contribution in [2.24, 2.45) is 0 Å². The average Bonchev–Trinajstić information content (AvgIpc) is 2.31. The first-order chi connectivity index (χ1) is 5.86. The molecule has 1 rings (SSSR count). The Hall–Kier alpha value is -0.980. The third-order valence-electron chi connectivity index (χ3n) is 1.96. The molecule has 0 N–H and O–H groups in total. The van der Waals surface area contributed by atoms with Crippen LogP contribution >= 0.6 is 0 Å². The van der Waals surface area contributed by atoms with Gasteiger partial charge in [-0.2, -0.15) is 0 Å². The molecule has 66 valence electrons. The van der Waals surface area contributed by atoms with Gasteiger partial charge in [0.15, 0.2) is 0 Å². The molecule has 0 aromatic heterocycles.